The minimum absolute atomic E-state index is 0.0790. The molecule has 102 valence electrons. The molecule has 0 saturated heterocycles. The Kier molecular flexibility index (Phi) is 4.48. The first-order chi connectivity index (χ1) is 8.81. The molecule has 0 fully saturated rings. The van der Waals surface area contributed by atoms with Crippen LogP contribution in [-0.4, -0.2) is 21.9 Å². The van der Waals surface area contributed by atoms with Gasteiger partial charge in [0.25, 0.3) is 0 Å². The summed E-state index contributed by atoms with van der Waals surface area (Å²) in [7, 11) is 0. The van der Waals surface area contributed by atoms with Crippen LogP contribution in [0.4, 0.5) is 0 Å². The molecule has 0 radical (unpaired) electrons. The van der Waals surface area contributed by atoms with E-state index in [1.54, 1.807) is 25.3 Å². The molecule has 1 aromatic rings. The number of carbonyl (C=O) groups excluding carboxylic acids is 2. The summed E-state index contributed by atoms with van der Waals surface area (Å²) in [5, 5.41) is 9.83. The molecule has 0 aliphatic rings. The normalized spacial score (nSPS) is 13.5. The van der Waals surface area contributed by atoms with Gasteiger partial charge in [-0.2, -0.15) is 0 Å². The van der Waals surface area contributed by atoms with Crippen molar-refractivity contribution in [2.75, 3.05) is 0 Å². The van der Waals surface area contributed by atoms with Crippen LogP contribution in [0.5, 0.6) is 0 Å². The van der Waals surface area contributed by atoms with Gasteiger partial charge in [0.05, 0.1) is 11.3 Å². The zero-order valence-electron chi connectivity index (χ0n) is 11.7. The predicted octanol–water partition coefficient (Wildman–Crippen LogP) is 3.22. The lowest BCUT2D eigenvalue weighted by Crippen LogP contribution is -2.26. The molecule has 0 saturated carbocycles. The van der Waals surface area contributed by atoms with Crippen molar-refractivity contribution in [3.05, 3.63) is 41.4 Å². The van der Waals surface area contributed by atoms with Crippen molar-refractivity contribution in [1.29, 1.82) is 0 Å². The smallest absolute Gasteiger partial charge is 0.236 e. The van der Waals surface area contributed by atoms with Crippen molar-refractivity contribution < 1.29 is 14.7 Å². The molecule has 0 unspecified atom stereocenters. The number of aliphatic hydroxyl groups is 1. The number of carbonyl (C=O) groups is 2. The average Bonchev–Trinajstić information content (AvgIpc) is 2.76. The molecular formula is C15H19NO3. The maximum atomic E-state index is 12.2. The minimum Gasteiger partial charge on any atom is -0.507 e. The van der Waals surface area contributed by atoms with Crippen molar-refractivity contribution in [3.8, 4) is 0 Å². The van der Waals surface area contributed by atoms with E-state index >= 15 is 0 Å². The highest BCUT2D eigenvalue weighted by Gasteiger charge is 2.24. The Balaban J connectivity index is 3.19. The molecule has 1 rings (SSSR count). The Labute approximate surface area is 113 Å². The average molecular weight is 261 g/mol. The van der Waals surface area contributed by atoms with Gasteiger partial charge in [-0.25, -0.2) is 0 Å². The van der Waals surface area contributed by atoms with Crippen LogP contribution in [0.2, 0.25) is 0 Å². The van der Waals surface area contributed by atoms with Gasteiger partial charge in [0.1, 0.15) is 5.76 Å². The van der Waals surface area contributed by atoms with Gasteiger partial charge in [-0.15, -0.1) is 0 Å². The number of allylic oxidation sites excluding steroid dienone is 2. The van der Waals surface area contributed by atoms with E-state index in [1.165, 1.54) is 16.7 Å². The fraction of sp³-hybridized carbons (Fsp3) is 0.333. The summed E-state index contributed by atoms with van der Waals surface area (Å²) in [5.41, 5.74) is 0.209. The Bertz CT molecular complexity index is 542. The van der Waals surface area contributed by atoms with Crippen molar-refractivity contribution >= 4 is 18.3 Å². The minimum atomic E-state index is -0.523. The highest BCUT2D eigenvalue weighted by atomic mass is 16.3. The summed E-state index contributed by atoms with van der Waals surface area (Å²) in [6, 6.07) is 3.43. The Morgan fingerprint density at radius 1 is 1.37 bits per heavy atom. The van der Waals surface area contributed by atoms with Crippen LogP contribution in [0, 0.1) is 5.41 Å². The molecule has 0 bridgehead atoms. The second kappa shape index (κ2) is 5.69. The lowest BCUT2D eigenvalue weighted by atomic mass is 9.95. The van der Waals surface area contributed by atoms with Crippen LogP contribution in [0.1, 0.15) is 38.2 Å². The van der Waals surface area contributed by atoms with Crippen LogP contribution in [0.25, 0.3) is 6.08 Å². The number of aldehydes is 1. The van der Waals surface area contributed by atoms with Gasteiger partial charge in [-0.1, -0.05) is 26.8 Å². The van der Waals surface area contributed by atoms with Crippen LogP contribution in [-0.2, 0) is 4.79 Å². The van der Waals surface area contributed by atoms with Gasteiger partial charge in [0.2, 0.25) is 5.91 Å². The molecular weight excluding hydrogens is 242 g/mol. The molecule has 0 aliphatic carbocycles. The first-order valence-electron chi connectivity index (χ1n) is 6.06. The molecule has 4 nitrogen and oxygen atoms in total. The number of nitrogens with zero attached hydrogens (tertiary/aromatic N) is 1. The van der Waals surface area contributed by atoms with E-state index in [9.17, 15) is 14.7 Å². The van der Waals surface area contributed by atoms with Crippen molar-refractivity contribution in [3.63, 3.8) is 0 Å². The number of aliphatic hydroxyl groups excluding tert-OH is 1. The van der Waals surface area contributed by atoms with E-state index in [1.807, 2.05) is 20.8 Å². The summed E-state index contributed by atoms with van der Waals surface area (Å²) in [6.45, 7) is 7.13. The molecule has 0 aliphatic heterocycles. The van der Waals surface area contributed by atoms with Crippen LogP contribution >= 0.6 is 0 Å². The van der Waals surface area contributed by atoms with Crippen molar-refractivity contribution in [2.24, 2.45) is 5.41 Å². The Hall–Kier alpha value is -2.10. The zero-order valence-corrected chi connectivity index (χ0v) is 11.7. The monoisotopic (exact) mass is 261 g/mol. The van der Waals surface area contributed by atoms with Crippen LogP contribution in [0.3, 0.4) is 0 Å². The van der Waals surface area contributed by atoms with Gasteiger partial charge in [0, 0.05) is 17.7 Å². The highest BCUT2D eigenvalue weighted by molar-refractivity contribution is 5.87. The summed E-state index contributed by atoms with van der Waals surface area (Å²) >= 11 is 0. The third-order valence-corrected chi connectivity index (χ3v) is 2.66. The molecule has 1 N–H and O–H groups in total. The largest absolute Gasteiger partial charge is 0.507 e. The molecule has 4 heteroatoms. The van der Waals surface area contributed by atoms with E-state index in [0.717, 1.165) is 0 Å². The fourth-order valence-electron chi connectivity index (χ4n) is 1.56. The second-order valence-electron chi connectivity index (χ2n) is 5.25. The number of aromatic nitrogens is 1. The maximum Gasteiger partial charge on any atom is 0.236 e. The molecule has 0 amide bonds. The van der Waals surface area contributed by atoms with Crippen LogP contribution in [0.15, 0.2) is 35.7 Å². The third-order valence-electron chi connectivity index (χ3n) is 2.66. The topological polar surface area (TPSA) is 59.3 Å². The van der Waals surface area contributed by atoms with Crippen LogP contribution < -0.4 is 0 Å². The number of hydrogen-bond donors (Lipinski definition) is 1. The highest BCUT2D eigenvalue weighted by Crippen LogP contribution is 2.20. The quantitative estimate of drug-likeness (QED) is 0.393. The Morgan fingerprint density at radius 2 is 2.00 bits per heavy atom. The lowest BCUT2D eigenvalue weighted by molar-refractivity contribution is -0.104. The molecule has 1 heterocycles. The maximum absolute atomic E-state index is 12.2. The van der Waals surface area contributed by atoms with Gasteiger partial charge in [0.15, 0.2) is 6.29 Å². The second-order valence-corrected chi connectivity index (χ2v) is 5.25. The Morgan fingerprint density at radius 3 is 2.47 bits per heavy atom. The van der Waals surface area contributed by atoms with E-state index < -0.39 is 5.41 Å². The van der Waals surface area contributed by atoms with Crippen molar-refractivity contribution in [2.45, 2.75) is 27.7 Å². The summed E-state index contributed by atoms with van der Waals surface area (Å²) in [4.78, 5) is 22.9. The molecule has 19 heavy (non-hydrogen) atoms. The lowest BCUT2D eigenvalue weighted by Gasteiger charge is -2.18. The first-order valence-corrected chi connectivity index (χ1v) is 6.06. The van der Waals surface area contributed by atoms with Crippen molar-refractivity contribution in [1.82, 2.24) is 4.57 Å². The summed E-state index contributed by atoms with van der Waals surface area (Å²) < 4.78 is 1.47. The standard InChI is InChI=1S/C15H19NO3/c1-5-11(10-17)13(18)9-12-7-6-8-16(12)14(19)15(2,3)4/h5-10,18H,1-4H3/b11-5-,13-9+. The van der Waals surface area contributed by atoms with Gasteiger partial charge < -0.3 is 5.11 Å². The third kappa shape index (κ3) is 3.44. The van der Waals surface area contributed by atoms with E-state index in [0.29, 0.717) is 12.0 Å². The molecule has 0 atom stereocenters. The number of hydrogen-bond acceptors (Lipinski definition) is 3. The zero-order chi connectivity index (χ0) is 14.6. The fourth-order valence-corrected chi connectivity index (χ4v) is 1.56. The van der Waals surface area contributed by atoms with Gasteiger partial charge >= 0.3 is 0 Å². The molecule has 0 spiro atoms. The molecule has 0 aromatic carbocycles. The van der Waals surface area contributed by atoms with E-state index in [-0.39, 0.29) is 17.2 Å². The molecule has 1 aromatic heterocycles. The van der Waals surface area contributed by atoms with Gasteiger partial charge in [-0.05, 0) is 19.1 Å². The van der Waals surface area contributed by atoms with E-state index in [2.05, 4.69) is 0 Å². The SMILES string of the molecule is C/C=C(C=O)\C(O)=C/c1cccn1C(=O)C(C)(C)C. The summed E-state index contributed by atoms with van der Waals surface area (Å²) in [6.07, 6.45) is 5.14. The predicted molar refractivity (Wildman–Crippen MR) is 74.9 cm³/mol. The number of rotatable bonds is 3. The first kappa shape index (κ1) is 15.0. The summed E-state index contributed by atoms with van der Waals surface area (Å²) in [5.74, 6) is -0.233. The van der Waals surface area contributed by atoms with Gasteiger partial charge in [-0.3, -0.25) is 14.2 Å². The van der Waals surface area contributed by atoms with E-state index in [4.69, 9.17) is 0 Å².